The SMILES string of the molecule is COc1cc(C(N)=S)ccc1OCC(=O)N(C)C(C)C. The topological polar surface area (TPSA) is 64.8 Å². The van der Waals surface area contributed by atoms with E-state index in [1.165, 1.54) is 7.11 Å². The van der Waals surface area contributed by atoms with E-state index in [1.807, 2.05) is 13.8 Å². The van der Waals surface area contributed by atoms with Crippen molar-refractivity contribution in [1.82, 2.24) is 4.90 Å². The lowest BCUT2D eigenvalue weighted by atomic mass is 10.2. The minimum atomic E-state index is -0.0968. The van der Waals surface area contributed by atoms with Crippen LogP contribution in [0.1, 0.15) is 19.4 Å². The molecule has 1 amide bonds. The van der Waals surface area contributed by atoms with Crippen LogP contribution in [-0.4, -0.2) is 42.6 Å². The fourth-order valence-corrected chi connectivity index (χ4v) is 1.60. The Hall–Kier alpha value is -1.82. The van der Waals surface area contributed by atoms with Gasteiger partial charge < -0.3 is 20.1 Å². The van der Waals surface area contributed by atoms with Crippen molar-refractivity contribution >= 4 is 23.1 Å². The van der Waals surface area contributed by atoms with E-state index in [-0.39, 0.29) is 23.5 Å². The van der Waals surface area contributed by atoms with Crippen molar-refractivity contribution in [2.45, 2.75) is 19.9 Å². The number of nitrogens with zero attached hydrogens (tertiary/aromatic N) is 1. The predicted molar refractivity (Wildman–Crippen MR) is 82.3 cm³/mol. The van der Waals surface area contributed by atoms with Gasteiger partial charge in [-0.3, -0.25) is 4.79 Å². The Bertz CT molecular complexity index is 503. The largest absolute Gasteiger partial charge is 0.493 e. The molecule has 110 valence electrons. The molecule has 0 bridgehead atoms. The standard InChI is InChI=1S/C14H20N2O3S/c1-9(2)16(3)13(17)8-19-11-6-5-10(14(15)20)7-12(11)18-4/h5-7,9H,8H2,1-4H3,(H2,15,20). The molecule has 20 heavy (non-hydrogen) atoms. The van der Waals surface area contributed by atoms with E-state index in [0.717, 1.165) is 0 Å². The van der Waals surface area contributed by atoms with Gasteiger partial charge in [-0.05, 0) is 32.0 Å². The van der Waals surface area contributed by atoms with Crippen molar-refractivity contribution in [1.29, 1.82) is 0 Å². The first kappa shape index (κ1) is 16.2. The van der Waals surface area contributed by atoms with Gasteiger partial charge in [-0.25, -0.2) is 0 Å². The third-order valence-corrected chi connectivity index (χ3v) is 3.20. The van der Waals surface area contributed by atoms with E-state index in [4.69, 9.17) is 27.4 Å². The first-order valence-electron chi connectivity index (χ1n) is 6.23. The van der Waals surface area contributed by atoms with Gasteiger partial charge in [-0.1, -0.05) is 12.2 Å². The Kier molecular flexibility index (Phi) is 5.76. The van der Waals surface area contributed by atoms with Crippen LogP contribution < -0.4 is 15.2 Å². The summed E-state index contributed by atoms with van der Waals surface area (Å²) in [6.07, 6.45) is 0. The Balaban J connectivity index is 2.78. The molecule has 0 radical (unpaired) electrons. The predicted octanol–water partition coefficient (Wildman–Crippen LogP) is 1.57. The number of rotatable bonds is 6. The highest BCUT2D eigenvalue weighted by atomic mass is 32.1. The molecule has 0 atom stereocenters. The lowest BCUT2D eigenvalue weighted by Crippen LogP contribution is -2.36. The van der Waals surface area contributed by atoms with Crippen molar-refractivity contribution in [2.75, 3.05) is 20.8 Å². The highest BCUT2D eigenvalue weighted by molar-refractivity contribution is 7.80. The molecule has 0 saturated carbocycles. The molecule has 0 aromatic heterocycles. The molecule has 5 nitrogen and oxygen atoms in total. The number of methoxy groups -OCH3 is 1. The van der Waals surface area contributed by atoms with Crippen LogP contribution in [-0.2, 0) is 4.79 Å². The highest BCUT2D eigenvalue weighted by Gasteiger charge is 2.14. The zero-order valence-corrected chi connectivity index (χ0v) is 13.0. The van der Waals surface area contributed by atoms with Gasteiger partial charge in [-0.15, -0.1) is 0 Å². The molecule has 1 aromatic carbocycles. The summed E-state index contributed by atoms with van der Waals surface area (Å²) in [5.41, 5.74) is 6.25. The maximum atomic E-state index is 11.9. The van der Waals surface area contributed by atoms with Gasteiger partial charge in [-0.2, -0.15) is 0 Å². The molecule has 0 fully saturated rings. The molecule has 0 aliphatic carbocycles. The van der Waals surface area contributed by atoms with Gasteiger partial charge in [0, 0.05) is 18.7 Å². The minimum Gasteiger partial charge on any atom is -0.493 e. The molecule has 1 aromatic rings. The van der Waals surface area contributed by atoms with E-state index < -0.39 is 0 Å². The zero-order valence-electron chi connectivity index (χ0n) is 12.2. The number of carbonyl (C=O) groups is 1. The molecule has 2 N–H and O–H groups in total. The van der Waals surface area contributed by atoms with Gasteiger partial charge in [0.1, 0.15) is 4.99 Å². The van der Waals surface area contributed by atoms with E-state index in [1.54, 1.807) is 30.1 Å². The number of hydrogen-bond donors (Lipinski definition) is 1. The number of benzene rings is 1. The van der Waals surface area contributed by atoms with Crippen LogP contribution in [0.5, 0.6) is 11.5 Å². The van der Waals surface area contributed by atoms with E-state index >= 15 is 0 Å². The lowest BCUT2D eigenvalue weighted by Gasteiger charge is -2.21. The van der Waals surface area contributed by atoms with Crippen molar-refractivity contribution in [3.05, 3.63) is 23.8 Å². The lowest BCUT2D eigenvalue weighted by molar-refractivity contribution is -0.133. The second kappa shape index (κ2) is 7.09. The quantitative estimate of drug-likeness (QED) is 0.807. The number of amides is 1. The van der Waals surface area contributed by atoms with Crippen LogP contribution in [0.2, 0.25) is 0 Å². The summed E-state index contributed by atoms with van der Waals surface area (Å²) < 4.78 is 10.7. The Morgan fingerprint density at radius 3 is 2.55 bits per heavy atom. The first-order chi connectivity index (χ1) is 9.36. The van der Waals surface area contributed by atoms with Crippen LogP contribution in [0, 0.1) is 0 Å². The number of thiocarbonyl (C=S) groups is 1. The summed E-state index contributed by atoms with van der Waals surface area (Å²) in [6.45, 7) is 3.84. The first-order valence-corrected chi connectivity index (χ1v) is 6.64. The maximum absolute atomic E-state index is 11.9. The molecule has 6 heteroatoms. The molecular weight excluding hydrogens is 276 g/mol. The number of carbonyl (C=O) groups excluding carboxylic acids is 1. The molecular formula is C14H20N2O3S. The molecule has 0 aliphatic heterocycles. The number of hydrogen-bond acceptors (Lipinski definition) is 4. The summed E-state index contributed by atoms with van der Waals surface area (Å²) in [6, 6.07) is 5.24. The van der Waals surface area contributed by atoms with Crippen LogP contribution in [0.25, 0.3) is 0 Å². The monoisotopic (exact) mass is 296 g/mol. The number of nitrogens with two attached hydrogens (primary N) is 1. The second-order valence-corrected chi connectivity index (χ2v) is 5.06. The van der Waals surface area contributed by atoms with Crippen LogP contribution >= 0.6 is 12.2 Å². The minimum absolute atomic E-state index is 0.0442. The summed E-state index contributed by atoms with van der Waals surface area (Å²) in [5, 5.41) is 0. The summed E-state index contributed by atoms with van der Waals surface area (Å²) in [4.78, 5) is 13.8. The molecule has 0 aliphatic rings. The maximum Gasteiger partial charge on any atom is 0.260 e. The molecule has 0 spiro atoms. The molecule has 0 heterocycles. The second-order valence-electron chi connectivity index (χ2n) is 4.62. The summed E-state index contributed by atoms with van der Waals surface area (Å²) >= 11 is 4.90. The van der Waals surface area contributed by atoms with Gasteiger partial charge in [0.2, 0.25) is 0 Å². The smallest absolute Gasteiger partial charge is 0.260 e. The average molecular weight is 296 g/mol. The van der Waals surface area contributed by atoms with Gasteiger partial charge in [0.25, 0.3) is 5.91 Å². The van der Waals surface area contributed by atoms with Gasteiger partial charge in [0.15, 0.2) is 18.1 Å². The molecule has 0 unspecified atom stereocenters. The third-order valence-electron chi connectivity index (χ3n) is 2.97. The fraction of sp³-hybridized carbons (Fsp3) is 0.429. The molecule has 1 rings (SSSR count). The van der Waals surface area contributed by atoms with Crippen LogP contribution in [0.3, 0.4) is 0 Å². The molecule has 0 saturated heterocycles. The Labute approximate surface area is 124 Å². The summed E-state index contributed by atoms with van der Waals surface area (Å²) in [7, 11) is 3.26. The normalized spacial score (nSPS) is 10.2. The van der Waals surface area contributed by atoms with E-state index in [9.17, 15) is 4.79 Å². The van der Waals surface area contributed by atoms with Crippen molar-refractivity contribution in [2.24, 2.45) is 5.73 Å². The highest BCUT2D eigenvalue weighted by Crippen LogP contribution is 2.28. The van der Waals surface area contributed by atoms with E-state index in [2.05, 4.69) is 0 Å². The van der Waals surface area contributed by atoms with Crippen molar-refractivity contribution in [3.8, 4) is 11.5 Å². The van der Waals surface area contributed by atoms with Crippen molar-refractivity contribution < 1.29 is 14.3 Å². The average Bonchev–Trinajstić information content (AvgIpc) is 2.43. The number of likely N-dealkylation sites (N-methyl/N-ethyl adjacent to an activating group) is 1. The van der Waals surface area contributed by atoms with Gasteiger partial charge in [0.05, 0.1) is 7.11 Å². The van der Waals surface area contributed by atoms with Gasteiger partial charge >= 0.3 is 0 Å². The van der Waals surface area contributed by atoms with Crippen LogP contribution in [0.15, 0.2) is 18.2 Å². The Morgan fingerprint density at radius 1 is 1.40 bits per heavy atom. The fourth-order valence-electron chi connectivity index (χ4n) is 1.47. The van der Waals surface area contributed by atoms with Crippen molar-refractivity contribution in [3.63, 3.8) is 0 Å². The third kappa shape index (κ3) is 4.09. The number of ether oxygens (including phenoxy) is 2. The van der Waals surface area contributed by atoms with E-state index in [0.29, 0.717) is 17.1 Å². The summed E-state index contributed by atoms with van der Waals surface area (Å²) in [5.74, 6) is 0.883. The zero-order chi connectivity index (χ0) is 15.3. The Morgan fingerprint density at radius 2 is 2.05 bits per heavy atom. The van der Waals surface area contributed by atoms with Crippen LogP contribution in [0.4, 0.5) is 0 Å².